The lowest BCUT2D eigenvalue weighted by molar-refractivity contribution is -0.142. The number of hydrogen-bond acceptors (Lipinski definition) is 2. The van der Waals surface area contributed by atoms with Crippen LogP contribution >= 0.6 is 0 Å². The van der Waals surface area contributed by atoms with Gasteiger partial charge in [-0.1, -0.05) is 37.3 Å². The first-order valence-corrected chi connectivity index (χ1v) is 7.71. The summed E-state index contributed by atoms with van der Waals surface area (Å²) in [5.74, 6) is -0.748. The molecule has 110 valence electrons. The van der Waals surface area contributed by atoms with Crippen LogP contribution in [0.1, 0.15) is 44.6 Å². The number of hydrogen-bond donors (Lipinski definition) is 2. The van der Waals surface area contributed by atoms with Crippen molar-refractivity contribution in [2.75, 3.05) is 0 Å². The number of benzene rings is 1. The van der Waals surface area contributed by atoms with Crippen LogP contribution in [0.25, 0.3) is 0 Å². The average molecular weight is 275 g/mol. The molecule has 1 unspecified atom stereocenters. The highest BCUT2D eigenvalue weighted by molar-refractivity contribution is 5.70. The van der Waals surface area contributed by atoms with Crippen LogP contribution in [-0.2, 0) is 11.2 Å². The fraction of sp³-hybridized carbons (Fsp3) is 0.588. The standard InChI is InChI=1S/C17H25NO2/c1-2-15(12-13-6-4-3-5-7-13)18-16-10-8-14(9-11-16)17(19)20/h3-7,14-16,18H,2,8-12H2,1H3,(H,19,20). The van der Waals surface area contributed by atoms with Crippen molar-refractivity contribution in [3.8, 4) is 0 Å². The maximum absolute atomic E-state index is 11.0. The quantitative estimate of drug-likeness (QED) is 0.838. The highest BCUT2D eigenvalue weighted by Gasteiger charge is 2.26. The van der Waals surface area contributed by atoms with E-state index in [1.807, 2.05) is 6.07 Å². The minimum absolute atomic E-state index is 0.123. The zero-order chi connectivity index (χ0) is 14.4. The van der Waals surface area contributed by atoms with Crippen molar-refractivity contribution in [1.29, 1.82) is 0 Å². The number of nitrogens with one attached hydrogen (secondary N) is 1. The predicted octanol–water partition coefficient (Wildman–Crippen LogP) is 3.24. The second kappa shape index (κ2) is 7.44. The van der Waals surface area contributed by atoms with Gasteiger partial charge in [-0.3, -0.25) is 4.79 Å². The van der Waals surface area contributed by atoms with Crippen LogP contribution in [0.3, 0.4) is 0 Å². The van der Waals surface area contributed by atoms with Crippen molar-refractivity contribution in [3.63, 3.8) is 0 Å². The predicted molar refractivity (Wildman–Crippen MR) is 80.7 cm³/mol. The van der Waals surface area contributed by atoms with Crippen LogP contribution in [0.15, 0.2) is 30.3 Å². The molecule has 2 rings (SSSR count). The van der Waals surface area contributed by atoms with Crippen molar-refractivity contribution in [3.05, 3.63) is 35.9 Å². The summed E-state index contributed by atoms with van der Waals surface area (Å²) in [5.41, 5.74) is 1.37. The van der Waals surface area contributed by atoms with Gasteiger partial charge in [-0.25, -0.2) is 0 Å². The van der Waals surface area contributed by atoms with Gasteiger partial charge in [0.15, 0.2) is 0 Å². The molecule has 2 N–H and O–H groups in total. The van der Waals surface area contributed by atoms with Gasteiger partial charge in [0.05, 0.1) is 5.92 Å². The van der Waals surface area contributed by atoms with Gasteiger partial charge in [0, 0.05) is 12.1 Å². The molecule has 0 aliphatic heterocycles. The first-order chi connectivity index (χ1) is 9.69. The van der Waals surface area contributed by atoms with Crippen LogP contribution in [-0.4, -0.2) is 23.2 Å². The smallest absolute Gasteiger partial charge is 0.306 e. The van der Waals surface area contributed by atoms with Gasteiger partial charge in [0.1, 0.15) is 0 Å². The van der Waals surface area contributed by atoms with E-state index in [0.717, 1.165) is 38.5 Å². The normalized spacial score (nSPS) is 24.2. The number of rotatable bonds is 6. The second-order valence-electron chi connectivity index (χ2n) is 5.85. The lowest BCUT2D eigenvalue weighted by atomic mass is 9.85. The SMILES string of the molecule is CCC(Cc1ccccc1)NC1CCC(C(=O)O)CC1. The molecule has 0 amide bonds. The Morgan fingerprint density at radius 1 is 1.25 bits per heavy atom. The summed E-state index contributed by atoms with van der Waals surface area (Å²) in [4.78, 5) is 11.0. The molecule has 0 aromatic heterocycles. The van der Waals surface area contributed by atoms with Crippen molar-refractivity contribution in [1.82, 2.24) is 5.32 Å². The Labute approximate surface area is 121 Å². The average Bonchev–Trinajstić information content (AvgIpc) is 2.48. The van der Waals surface area contributed by atoms with Crippen LogP contribution in [0.4, 0.5) is 0 Å². The summed E-state index contributed by atoms with van der Waals surface area (Å²) in [7, 11) is 0. The maximum Gasteiger partial charge on any atom is 0.306 e. The van der Waals surface area contributed by atoms with Crippen molar-refractivity contribution in [2.24, 2.45) is 5.92 Å². The topological polar surface area (TPSA) is 49.3 Å². The minimum Gasteiger partial charge on any atom is -0.481 e. The third-order valence-corrected chi connectivity index (χ3v) is 4.37. The lowest BCUT2D eigenvalue weighted by Crippen LogP contribution is -2.42. The van der Waals surface area contributed by atoms with E-state index in [0.29, 0.717) is 12.1 Å². The fourth-order valence-corrected chi connectivity index (χ4v) is 3.06. The molecule has 3 nitrogen and oxygen atoms in total. The largest absolute Gasteiger partial charge is 0.481 e. The molecule has 1 saturated carbocycles. The van der Waals surface area contributed by atoms with E-state index in [-0.39, 0.29) is 5.92 Å². The van der Waals surface area contributed by atoms with Gasteiger partial charge in [-0.2, -0.15) is 0 Å². The molecule has 1 aliphatic rings. The summed E-state index contributed by atoms with van der Waals surface area (Å²) in [6.07, 6.45) is 5.76. The molecular formula is C17H25NO2. The Balaban J connectivity index is 1.81. The summed E-state index contributed by atoms with van der Waals surface area (Å²) < 4.78 is 0. The van der Waals surface area contributed by atoms with Gasteiger partial charge >= 0.3 is 5.97 Å². The van der Waals surface area contributed by atoms with E-state index in [1.54, 1.807) is 0 Å². The number of carboxylic acid groups (broad SMARTS) is 1. The first-order valence-electron chi connectivity index (χ1n) is 7.71. The minimum atomic E-state index is -0.625. The van der Waals surface area contributed by atoms with Gasteiger partial charge < -0.3 is 10.4 Å². The van der Waals surface area contributed by atoms with Crippen LogP contribution in [0.2, 0.25) is 0 Å². The molecule has 20 heavy (non-hydrogen) atoms. The third kappa shape index (κ3) is 4.34. The van der Waals surface area contributed by atoms with Crippen molar-refractivity contribution < 1.29 is 9.90 Å². The van der Waals surface area contributed by atoms with Crippen molar-refractivity contribution in [2.45, 2.75) is 57.5 Å². The Kier molecular flexibility index (Phi) is 5.60. The molecular weight excluding hydrogens is 250 g/mol. The first kappa shape index (κ1) is 15.0. The molecule has 1 atom stereocenters. The number of carbonyl (C=O) groups is 1. The summed E-state index contributed by atoms with van der Waals surface area (Å²) in [5, 5.41) is 12.7. The molecule has 0 radical (unpaired) electrons. The second-order valence-corrected chi connectivity index (χ2v) is 5.85. The Morgan fingerprint density at radius 2 is 1.90 bits per heavy atom. The van der Waals surface area contributed by atoms with Crippen LogP contribution in [0.5, 0.6) is 0 Å². The molecule has 0 heterocycles. The van der Waals surface area contributed by atoms with Gasteiger partial charge in [0.2, 0.25) is 0 Å². The maximum atomic E-state index is 11.0. The van der Waals surface area contributed by atoms with Crippen molar-refractivity contribution >= 4 is 5.97 Å². The molecule has 1 aliphatic carbocycles. The summed E-state index contributed by atoms with van der Waals surface area (Å²) >= 11 is 0. The molecule has 1 aromatic carbocycles. The van der Waals surface area contributed by atoms with Crippen LogP contribution < -0.4 is 5.32 Å². The summed E-state index contributed by atoms with van der Waals surface area (Å²) in [6, 6.07) is 11.5. The number of aliphatic carboxylic acids is 1. The highest BCUT2D eigenvalue weighted by Crippen LogP contribution is 2.25. The Morgan fingerprint density at radius 3 is 2.45 bits per heavy atom. The van der Waals surface area contributed by atoms with E-state index in [2.05, 4.69) is 36.5 Å². The molecule has 1 aromatic rings. The van der Waals surface area contributed by atoms with Gasteiger partial charge in [-0.05, 0) is 44.1 Å². The molecule has 0 bridgehead atoms. The third-order valence-electron chi connectivity index (χ3n) is 4.37. The Bertz CT molecular complexity index is 410. The molecule has 0 spiro atoms. The number of carboxylic acids is 1. The van der Waals surface area contributed by atoms with E-state index < -0.39 is 5.97 Å². The van der Waals surface area contributed by atoms with E-state index in [4.69, 9.17) is 5.11 Å². The molecule has 1 fully saturated rings. The van der Waals surface area contributed by atoms with Gasteiger partial charge in [0.25, 0.3) is 0 Å². The van der Waals surface area contributed by atoms with E-state index in [1.165, 1.54) is 5.56 Å². The zero-order valence-corrected chi connectivity index (χ0v) is 12.2. The molecule has 0 saturated heterocycles. The molecule has 3 heteroatoms. The van der Waals surface area contributed by atoms with Gasteiger partial charge in [-0.15, -0.1) is 0 Å². The Hall–Kier alpha value is -1.35. The summed E-state index contributed by atoms with van der Waals surface area (Å²) in [6.45, 7) is 2.21. The van der Waals surface area contributed by atoms with E-state index >= 15 is 0 Å². The van der Waals surface area contributed by atoms with Crippen LogP contribution in [0, 0.1) is 5.92 Å². The lowest BCUT2D eigenvalue weighted by Gasteiger charge is -2.30. The fourth-order valence-electron chi connectivity index (χ4n) is 3.06. The zero-order valence-electron chi connectivity index (χ0n) is 12.2. The van der Waals surface area contributed by atoms with E-state index in [9.17, 15) is 4.79 Å². The highest BCUT2D eigenvalue weighted by atomic mass is 16.4. The monoisotopic (exact) mass is 275 g/mol.